The van der Waals surface area contributed by atoms with Gasteiger partial charge in [-0.1, -0.05) is 0 Å². The third-order valence-electron chi connectivity index (χ3n) is 3.22. The molecule has 1 aliphatic rings. The van der Waals surface area contributed by atoms with E-state index >= 15 is 0 Å². The highest BCUT2D eigenvalue weighted by Gasteiger charge is 2.35. The Hall–Kier alpha value is -1.16. The summed E-state index contributed by atoms with van der Waals surface area (Å²) in [5, 5.41) is 18.8. The van der Waals surface area contributed by atoms with Crippen LogP contribution in [-0.4, -0.2) is 22.4 Å². The summed E-state index contributed by atoms with van der Waals surface area (Å²) in [4.78, 5) is 12.0. The van der Waals surface area contributed by atoms with E-state index in [-0.39, 0.29) is 18.1 Å². The van der Waals surface area contributed by atoms with Crippen LogP contribution in [0.2, 0.25) is 0 Å². The van der Waals surface area contributed by atoms with E-state index in [2.05, 4.69) is 0 Å². The number of carbonyl (C=O) groups is 1. The number of carboxylic acids is 1. The Bertz CT molecular complexity index is 427. The molecule has 0 bridgehead atoms. The molecule has 0 heterocycles. The first-order valence-corrected chi connectivity index (χ1v) is 6.93. The lowest BCUT2D eigenvalue weighted by molar-refractivity contribution is -0.137. The normalized spacial score (nSPS) is 16.8. The molecule has 0 aliphatic heterocycles. The largest absolute Gasteiger partial charge is 0.508 e. The summed E-state index contributed by atoms with van der Waals surface area (Å²) in [6, 6.07) is 5.44. The van der Waals surface area contributed by atoms with E-state index in [0.29, 0.717) is 5.92 Å². The van der Waals surface area contributed by atoms with Crippen molar-refractivity contribution in [1.82, 2.24) is 0 Å². The topological polar surface area (TPSA) is 57.5 Å². The monoisotopic (exact) mass is 252 g/mol. The lowest BCUT2D eigenvalue weighted by Gasteiger charge is -2.16. The van der Waals surface area contributed by atoms with Crippen molar-refractivity contribution >= 4 is 17.7 Å². The van der Waals surface area contributed by atoms with Crippen LogP contribution < -0.4 is 0 Å². The average molecular weight is 252 g/mol. The minimum atomic E-state index is -0.796. The summed E-state index contributed by atoms with van der Waals surface area (Å²) in [7, 11) is 0. The fraction of sp³-hybridized carbons (Fsp3) is 0.462. The Kier molecular flexibility index (Phi) is 3.62. The molecule has 3 nitrogen and oxygen atoms in total. The first-order chi connectivity index (χ1) is 8.11. The number of hydrogen-bond donors (Lipinski definition) is 2. The highest BCUT2D eigenvalue weighted by Crippen LogP contribution is 2.47. The second-order valence-electron chi connectivity index (χ2n) is 4.47. The highest BCUT2D eigenvalue weighted by atomic mass is 32.2. The summed E-state index contributed by atoms with van der Waals surface area (Å²) in [6.45, 7) is 0. The average Bonchev–Trinajstić information content (AvgIpc) is 3.10. The van der Waals surface area contributed by atoms with Gasteiger partial charge in [0.05, 0.1) is 6.42 Å². The molecule has 4 heteroatoms. The summed E-state index contributed by atoms with van der Waals surface area (Å²) in [5.74, 6) is -0.189. The molecular formula is C13H16O3S. The zero-order chi connectivity index (χ0) is 12.4. The van der Waals surface area contributed by atoms with Crippen molar-refractivity contribution in [3.63, 3.8) is 0 Å². The number of hydrogen-bond acceptors (Lipinski definition) is 3. The summed E-state index contributed by atoms with van der Waals surface area (Å²) in [5.41, 5.74) is 0.793. The van der Waals surface area contributed by atoms with Crippen LogP contribution >= 0.6 is 11.8 Å². The molecule has 2 N–H and O–H groups in total. The maximum absolute atomic E-state index is 10.9. The van der Waals surface area contributed by atoms with Crippen molar-refractivity contribution in [1.29, 1.82) is 0 Å². The smallest absolute Gasteiger partial charge is 0.303 e. The van der Waals surface area contributed by atoms with Crippen LogP contribution in [0.5, 0.6) is 5.75 Å². The van der Waals surface area contributed by atoms with Gasteiger partial charge in [0.1, 0.15) is 5.75 Å². The second-order valence-corrected chi connectivity index (χ2v) is 5.35. The van der Waals surface area contributed by atoms with Gasteiger partial charge in [0.25, 0.3) is 0 Å². The first kappa shape index (κ1) is 12.3. The molecule has 0 amide bonds. The number of benzene rings is 1. The number of phenols is 1. The van der Waals surface area contributed by atoms with Crippen LogP contribution in [0.3, 0.4) is 0 Å². The Balaban J connectivity index is 2.30. The molecule has 17 heavy (non-hydrogen) atoms. The quantitative estimate of drug-likeness (QED) is 0.791. The molecule has 1 saturated carbocycles. The molecule has 1 aliphatic carbocycles. The molecule has 1 atom stereocenters. The predicted octanol–water partition coefficient (Wildman–Crippen LogP) is 3.08. The van der Waals surface area contributed by atoms with E-state index < -0.39 is 5.97 Å². The lowest BCUT2D eigenvalue weighted by Crippen LogP contribution is -2.08. The molecule has 1 aromatic carbocycles. The molecule has 0 aromatic heterocycles. The highest BCUT2D eigenvalue weighted by molar-refractivity contribution is 7.98. The molecule has 0 saturated heterocycles. The van der Waals surface area contributed by atoms with E-state index in [1.165, 1.54) is 0 Å². The van der Waals surface area contributed by atoms with E-state index in [0.717, 1.165) is 23.3 Å². The van der Waals surface area contributed by atoms with E-state index in [1.807, 2.05) is 18.4 Å². The maximum Gasteiger partial charge on any atom is 0.303 e. The Labute approximate surface area is 105 Å². The van der Waals surface area contributed by atoms with Gasteiger partial charge >= 0.3 is 5.97 Å². The Morgan fingerprint density at radius 3 is 2.76 bits per heavy atom. The summed E-state index contributed by atoms with van der Waals surface area (Å²) >= 11 is 1.60. The molecule has 1 unspecified atom stereocenters. The van der Waals surface area contributed by atoms with Gasteiger partial charge in [0.15, 0.2) is 0 Å². The van der Waals surface area contributed by atoms with Crippen molar-refractivity contribution in [3.05, 3.63) is 23.8 Å². The van der Waals surface area contributed by atoms with Crippen LogP contribution in [0, 0.1) is 5.92 Å². The molecule has 0 radical (unpaired) electrons. The van der Waals surface area contributed by atoms with Crippen molar-refractivity contribution in [3.8, 4) is 5.75 Å². The number of phenolic OH excluding ortho intramolecular Hbond substituents is 1. The van der Waals surface area contributed by atoms with Gasteiger partial charge in [-0.3, -0.25) is 4.79 Å². The molecule has 0 spiro atoms. The fourth-order valence-electron chi connectivity index (χ4n) is 2.17. The van der Waals surface area contributed by atoms with Crippen LogP contribution in [0.1, 0.15) is 30.7 Å². The van der Waals surface area contributed by atoms with E-state index in [4.69, 9.17) is 5.11 Å². The zero-order valence-corrected chi connectivity index (χ0v) is 10.5. The van der Waals surface area contributed by atoms with Gasteiger partial charge in [-0.05, 0) is 48.8 Å². The van der Waals surface area contributed by atoms with Crippen molar-refractivity contribution in [2.45, 2.75) is 30.1 Å². The lowest BCUT2D eigenvalue weighted by atomic mass is 9.90. The maximum atomic E-state index is 10.9. The van der Waals surface area contributed by atoms with Gasteiger partial charge in [0.2, 0.25) is 0 Å². The number of aromatic hydroxyl groups is 1. The van der Waals surface area contributed by atoms with Gasteiger partial charge < -0.3 is 10.2 Å². The molecular weight excluding hydrogens is 236 g/mol. The molecule has 2 rings (SSSR count). The number of aliphatic carboxylic acids is 1. The van der Waals surface area contributed by atoms with Crippen molar-refractivity contribution in [2.75, 3.05) is 6.26 Å². The van der Waals surface area contributed by atoms with E-state index in [9.17, 15) is 9.90 Å². The van der Waals surface area contributed by atoms with Crippen LogP contribution in [-0.2, 0) is 4.79 Å². The molecule has 92 valence electrons. The Morgan fingerprint density at radius 2 is 2.24 bits per heavy atom. The number of rotatable bonds is 5. The minimum Gasteiger partial charge on any atom is -0.508 e. The van der Waals surface area contributed by atoms with E-state index in [1.54, 1.807) is 17.8 Å². The van der Waals surface area contributed by atoms with Gasteiger partial charge in [-0.2, -0.15) is 0 Å². The summed E-state index contributed by atoms with van der Waals surface area (Å²) in [6.07, 6.45) is 4.22. The van der Waals surface area contributed by atoms with Gasteiger partial charge in [0, 0.05) is 10.8 Å². The minimum absolute atomic E-state index is 0.0420. The van der Waals surface area contributed by atoms with Crippen molar-refractivity contribution < 1.29 is 15.0 Å². The zero-order valence-electron chi connectivity index (χ0n) is 9.72. The fourth-order valence-corrected chi connectivity index (χ4v) is 2.62. The molecule has 1 aromatic rings. The van der Waals surface area contributed by atoms with Gasteiger partial charge in [-0.25, -0.2) is 0 Å². The number of carboxylic acid groups (broad SMARTS) is 1. The predicted molar refractivity (Wildman–Crippen MR) is 67.6 cm³/mol. The van der Waals surface area contributed by atoms with Crippen LogP contribution in [0.15, 0.2) is 23.1 Å². The summed E-state index contributed by atoms with van der Waals surface area (Å²) < 4.78 is 0. The second kappa shape index (κ2) is 5.00. The van der Waals surface area contributed by atoms with Crippen LogP contribution in [0.25, 0.3) is 0 Å². The first-order valence-electron chi connectivity index (χ1n) is 5.70. The third-order valence-corrected chi connectivity index (χ3v) is 3.95. The standard InChI is InChI=1S/C13H16O3S/c1-17-9-4-5-12(14)11(6-9)10(7-13(15)16)8-2-3-8/h4-6,8,10,14H,2-3,7H2,1H3,(H,15,16). The SMILES string of the molecule is CSc1ccc(O)c(C(CC(=O)O)C2CC2)c1. The van der Waals surface area contributed by atoms with Crippen LogP contribution in [0.4, 0.5) is 0 Å². The number of thioether (sulfide) groups is 1. The van der Waals surface area contributed by atoms with Gasteiger partial charge in [-0.15, -0.1) is 11.8 Å². The molecule has 1 fully saturated rings. The third kappa shape index (κ3) is 2.94. The van der Waals surface area contributed by atoms with Crippen molar-refractivity contribution in [2.24, 2.45) is 5.92 Å². The Morgan fingerprint density at radius 1 is 1.53 bits per heavy atom.